The third-order valence-corrected chi connectivity index (χ3v) is 4.67. The van der Waals surface area contributed by atoms with Gasteiger partial charge in [-0.15, -0.1) is 0 Å². The summed E-state index contributed by atoms with van der Waals surface area (Å²) in [5, 5.41) is 5.19. The van der Waals surface area contributed by atoms with Gasteiger partial charge in [-0.25, -0.2) is 10.2 Å². The highest BCUT2D eigenvalue weighted by molar-refractivity contribution is 6.01. The first-order chi connectivity index (χ1) is 14.5. The van der Waals surface area contributed by atoms with E-state index in [4.69, 9.17) is 10.5 Å². The second kappa shape index (κ2) is 9.60. The van der Waals surface area contributed by atoms with Crippen molar-refractivity contribution in [1.29, 1.82) is 0 Å². The first-order valence-corrected chi connectivity index (χ1v) is 9.43. The molecule has 4 N–H and O–H groups in total. The summed E-state index contributed by atoms with van der Waals surface area (Å²) in [4.78, 5) is 19.0. The Balaban J connectivity index is 1.56. The second-order valence-electron chi connectivity index (χ2n) is 6.69. The number of H-pyrrole nitrogens is 1. The SMILES string of the molecule is COC(=O)c1ccc(CCN=C(N)N/N=C/c2c[nH]c3c(C)cc(OC)cc23)cc1. The lowest BCUT2D eigenvalue weighted by Crippen LogP contribution is -2.27. The number of rotatable bonds is 7. The fraction of sp³-hybridized carbons (Fsp3) is 0.227. The Morgan fingerprint density at radius 3 is 2.70 bits per heavy atom. The number of methoxy groups -OCH3 is 2. The summed E-state index contributed by atoms with van der Waals surface area (Å²) in [6, 6.07) is 11.1. The van der Waals surface area contributed by atoms with Gasteiger partial charge in [0.05, 0.1) is 26.0 Å². The zero-order valence-corrected chi connectivity index (χ0v) is 17.2. The number of benzene rings is 2. The van der Waals surface area contributed by atoms with Crippen LogP contribution < -0.4 is 15.9 Å². The molecule has 0 aliphatic carbocycles. The summed E-state index contributed by atoms with van der Waals surface area (Å²) in [5.74, 6) is 0.670. The fourth-order valence-electron chi connectivity index (χ4n) is 3.06. The van der Waals surface area contributed by atoms with E-state index in [-0.39, 0.29) is 11.9 Å². The van der Waals surface area contributed by atoms with Gasteiger partial charge in [-0.05, 0) is 48.7 Å². The number of guanidine groups is 1. The van der Waals surface area contributed by atoms with Gasteiger partial charge in [0.1, 0.15) is 5.75 Å². The average molecular weight is 407 g/mol. The molecule has 0 bridgehead atoms. The van der Waals surface area contributed by atoms with Crippen molar-refractivity contribution in [3.05, 3.63) is 64.8 Å². The summed E-state index contributed by atoms with van der Waals surface area (Å²) < 4.78 is 10.0. The highest BCUT2D eigenvalue weighted by atomic mass is 16.5. The van der Waals surface area contributed by atoms with Crippen molar-refractivity contribution in [3.63, 3.8) is 0 Å². The number of aromatic nitrogens is 1. The maximum atomic E-state index is 11.4. The normalized spacial score (nSPS) is 11.8. The van der Waals surface area contributed by atoms with E-state index in [1.54, 1.807) is 25.5 Å². The predicted molar refractivity (Wildman–Crippen MR) is 118 cm³/mol. The van der Waals surface area contributed by atoms with Gasteiger partial charge in [0.25, 0.3) is 0 Å². The predicted octanol–water partition coefficient (Wildman–Crippen LogP) is 2.75. The lowest BCUT2D eigenvalue weighted by atomic mass is 10.1. The first kappa shape index (κ1) is 20.9. The van der Waals surface area contributed by atoms with Crippen molar-refractivity contribution in [3.8, 4) is 5.75 Å². The number of aryl methyl sites for hydroxylation is 1. The largest absolute Gasteiger partial charge is 0.497 e. The average Bonchev–Trinajstić information content (AvgIpc) is 3.17. The molecule has 1 aromatic heterocycles. The monoisotopic (exact) mass is 407 g/mol. The van der Waals surface area contributed by atoms with E-state index in [0.29, 0.717) is 18.5 Å². The highest BCUT2D eigenvalue weighted by Gasteiger charge is 2.07. The molecule has 0 atom stereocenters. The molecule has 30 heavy (non-hydrogen) atoms. The summed E-state index contributed by atoms with van der Waals surface area (Å²) in [6.45, 7) is 2.52. The zero-order chi connectivity index (χ0) is 21.5. The van der Waals surface area contributed by atoms with Gasteiger partial charge in [-0.2, -0.15) is 5.10 Å². The van der Waals surface area contributed by atoms with Crippen LogP contribution in [0.15, 0.2) is 52.7 Å². The third kappa shape index (κ3) is 4.96. The van der Waals surface area contributed by atoms with Crippen LogP contribution in [-0.2, 0) is 11.2 Å². The molecular formula is C22H25N5O3. The van der Waals surface area contributed by atoms with E-state index in [9.17, 15) is 4.79 Å². The Labute approximate surface area is 174 Å². The summed E-state index contributed by atoms with van der Waals surface area (Å²) in [6.07, 6.45) is 4.26. The minimum Gasteiger partial charge on any atom is -0.497 e. The fourth-order valence-corrected chi connectivity index (χ4v) is 3.06. The van der Waals surface area contributed by atoms with E-state index in [1.165, 1.54) is 7.11 Å². The number of esters is 1. The van der Waals surface area contributed by atoms with Gasteiger partial charge in [-0.1, -0.05) is 12.1 Å². The van der Waals surface area contributed by atoms with Crippen molar-refractivity contribution in [2.75, 3.05) is 20.8 Å². The van der Waals surface area contributed by atoms with Gasteiger partial charge in [-0.3, -0.25) is 4.99 Å². The van der Waals surface area contributed by atoms with Crippen LogP contribution in [0, 0.1) is 6.92 Å². The topological polar surface area (TPSA) is 114 Å². The Kier molecular flexibility index (Phi) is 6.69. The minimum absolute atomic E-state index is 0.228. The van der Waals surface area contributed by atoms with E-state index in [2.05, 4.69) is 25.2 Å². The van der Waals surface area contributed by atoms with Gasteiger partial charge in [0.15, 0.2) is 0 Å². The molecule has 0 aliphatic heterocycles. The smallest absolute Gasteiger partial charge is 0.337 e. The van der Waals surface area contributed by atoms with Crippen LogP contribution in [0.25, 0.3) is 10.9 Å². The van der Waals surface area contributed by atoms with Gasteiger partial charge >= 0.3 is 5.97 Å². The standard InChI is InChI=1S/C22H25N5O3/c1-14-10-18(29-2)11-19-17(12-25-20(14)19)13-26-27-22(23)24-9-8-15-4-6-16(7-5-15)21(28)30-3/h4-7,10-13,25H,8-9H2,1-3H3,(H3,23,24,27)/b26-13+. The molecule has 0 fully saturated rings. The summed E-state index contributed by atoms with van der Waals surface area (Å²) in [7, 11) is 3.01. The van der Waals surface area contributed by atoms with Crippen LogP contribution in [0.2, 0.25) is 0 Å². The quantitative estimate of drug-likeness (QED) is 0.241. The summed E-state index contributed by atoms with van der Waals surface area (Å²) >= 11 is 0. The Hall–Kier alpha value is -3.81. The maximum absolute atomic E-state index is 11.4. The Morgan fingerprint density at radius 1 is 1.23 bits per heavy atom. The lowest BCUT2D eigenvalue weighted by Gasteiger charge is -2.03. The van der Waals surface area contributed by atoms with Crippen LogP contribution in [0.4, 0.5) is 0 Å². The second-order valence-corrected chi connectivity index (χ2v) is 6.69. The van der Waals surface area contributed by atoms with Crippen LogP contribution >= 0.6 is 0 Å². The molecule has 1 heterocycles. The zero-order valence-electron chi connectivity index (χ0n) is 17.2. The van der Waals surface area contributed by atoms with E-state index < -0.39 is 0 Å². The lowest BCUT2D eigenvalue weighted by molar-refractivity contribution is 0.0600. The number of hydrogen-bond acceptors (Lipinski definition) is 5. The minimum atomic E-state index is -0.352. The van der Waals surface area contributed by atoms with E-state index in [1.807, 2.05) is 37.4 Å². The molecular weight excluding hydrogens is 382 g/mol. The molecule has 0 unspecified atom stereocenters. The number of aromatic amines is 1. The van der Waals surface area contributed by atoms with Crippen molar-refractivity contribution in [2.24, 2.45) is 15.8 Å². The Bertz CT molecular complexity index is 1080. The van der Waals surface area contributed by atoms with Gasteiger partial charge in [0, 0.05) is 29.2 Å². The van der Waals surface area contributed by atoms with Crippen molar-refractivity contribution >= 4 is 29.0 Å². The molecule has 3 aromatic rings. The number of hydrazone groups is 1. The number of aliphatic imine (C=N–C) groups is 1. The first-order valence-electron chi connectivity index (χ1n) is 9.43. The molecule has 0 spiro atoms. The molecule has 0 amide bonds. The van der Waals surface area contributed by atoms with E-state index in [0.717, 1.165) is 33.3 Å². The molecule has 8 nitrogen and oxygen atoms in total. The molecule has 0 saturated carbocycles. The number of hydrogen-bond donors (Lipinski definition) is 3. The molecule has 0 radical (unpaired) electrons. The molecule has 0 saturated heterocycles. The number of carbonyl (C=O) groups is 1. The van der Waals surface area contributed by atoms with E-state index >= 15 is 0 Å². The van der Waals surface area contributed by atoms with Gasteiger partial charge < -0.3 is 20.2 Å². The van der Waals surface area contributed by atoms with Crippen LogP contribution in [0.5, 0.6) is 5.75 Å². The maximum Gasteiger partial charge on any atom is 0.337 e. The van der Waals surface area contributed by atoms with Crippen molar-refractivity contribution in [2.45, 2.75) is 13.3 Å². The number of nitrogens with two attached hydrogens (primary N) is 1. The van der Waals surface area contributed by atoms with Crippen LogP contribution in [0.3, 0.4) is 0 Å². The number of nitrogens with one attached hydrogen (secondary N) is 2. The molecule has 3 rings (SSSR count). The number of ether oxygens (including phenoxy) is 2. The molecule has 0 aliphatic rings. The third-order valence-electron chi connectivity index (χ3n) is 4.67. The number of fused-ring (bicyclic) bond motifs is 1. The number of carbonyl (C=O) groups excluding carboxylic acids is 1. The van der Waals surface area contributed by atoms with Crippen molar-refractivity contribution < 1.29 is 14.3 Å². The molecule has 156 valence electrons. The number of nitrogens with zero attached hydrogens (tertiary/aromatic N) is 2. The van der Waals surface area contributed by atoms with Crippen LogP contribution in [0.1, 0.15) is 27.0 Å². The molecule has 2 aromatic carbocycles. The summed E-state index contributed by atoms with van der Waals surface area (Å²) in [5.41, 5.74) is 13.2. The molecule has 8 heteroatoms. The van der Waals surface area contributed by atoms with Crippen LogP contribution in [-0.4, -0.2) is 43.9 Å². The van der Waals surface area contributed by atoms with Crippen molar-refractivity contribution in [1.82, 2.24) is 10.4 Å². The Morgan fingerprint density at radius 2 is 2.00 bits per heavy atom. The van der Waals surface area contributed by atoms with Gasteiger partial charge in [0.2, 0.25) is 5.96 Å². The highest BCUT2D eigenvalue weighted by Crippen LogP contribution is 2.26.